The third-order valence-electron chi connectivity index (χ3n) is 3.41. The molecule has 1 aliphatic carbocycles. The Kier molecular flexibility index (Phi) is 3.95. The van der Waals surface area contributed by atoms with Crippen LogP contribution in [0, 0.1) is 0 Å². The molecule has 9 nitrogen and oxygen atoms in total. The zero-order valence-electron chi connectivity index (χ0n) is 12.7. The summed E-state index contributed by atoms with van der Waals surface area (Å²) in [5, 5.41) is 15.7. The highest BCUT2D eigenvalue weighted by Crippen LogP contribution is 2.36. The van der Waals surface area contributed by atoms with E-state index in [2.05, 4.69) is 35.8 Å². The Morgan fingerprint density at radius 1 is 1.17 bits per heavy atom. The maximum atomic E-state index is 5.79. The molecule has 0 bridgehead atoms. The van der Waals surface area contributed by atoms with E-state index < -0.39 is 0 Å². The molecule has 0 aliphatic heterocycles. The minimum absolute atomic E-state index is 0.181. The van der Waals surface area contributed by atoms with Crippen molar-refractivity contribution >= 4 is 29.3 Å². The van der Waals surface area contributed by atoms with Crippen molar-refractivity contribution in [3.63, 3.8) is 0 Å². The second-order valence-corrected chi connectivity index (χ2v) is 6.29. The van der Waals surface area contributed by atoms with Crippen molar-refractivity contribution in [2.45, 2.75) is 29.8 Å². The molecule has 2 aromatic heterocycles. The SMILES string of the molecule is Nc1nc(CSc2nnnn2C2CC2)nc(Nc2ccccc2)n1. The summed E-state index contributed by atoms with van der Waals surface area (Å²) in [5.74, 6) is 1.70. The maximum absolute atomic E-state index is 5.79. The van der Waals surface area contributed by atoms with E-state index in [9.17, 15) is 0 Å². The predicted octanol–water partition coefficient (Wildman–Crippen LogP) is 1.81. The summed E-state index contributed by atoms with van der Waals surface area (Å²) in [4.78, 5) is 12.7. The van der Waals surface area contributed by atoms with Crippen LogP contribution in [-0.4, -0.2) is 35.2 Å². The molecule has 3 aromatic rings. The van der Waals surface area contributed by atoms with E-state index in [0.717, 1.165) is 23.7 Å². The molecule has 10 heteroatoms. The van der Waals surface area contributed by atoms with Gasteiger partial charge in [-0.1, -0.05) is 30.0 Å². The second-order valence-electron chi connectivity index (χ2n) is 5.35. The number of nitrogens with zero attached hydrogens (tertiary/aromatic N) is 7. The maximum Gasteiger partial charge on any atom is 0.232 e. The summed E-state index contributed by atoms with van der Waals surface area (Å²) in [7, 11) is 0. The van der Waals surface area contributed by atoms with Gasteiger partial charge in [0.05, 0.1) is 11.8 Å². The predicted molar refractivity (Wildman–Crippen MR) is 89.6 cm³/mol. The van der Waals surface area contributed by atoms with Crippen LogP contribution in [-0.2, 0) is 5.75 Å². The molecule has 24 heavy (non-hydrogen) atoms. The van der Waals surface area contributed by atoms with Crippen LogP contribution < -0.4 is 11.1 Å². The number of nitrogens with one attached hydrogen (secondary N) is 1. The van der Waals surface area contributed by atoms with E-state index in [0.29, 0.717) is 23.6 Å². The Balaban J connectivity index is 1.47. The van der Waals surface area contributed by atoms with E-state index in [1.807, 2.05) is 35.0 Å². The molecule has 3 N–H and O–H groups in total. The highest BCUT2D eigenvalue weighted by molar-refractivity contribution is 7.98. The molecule has 0 unspecified atom stereocenters. The lowest BCUT2D eigenvalue weighted by atomic mass is 10.3. The molecule has 1 fully saturated rings. The van der Waals surface area contributed by atoms with Gasteiger partial charge >= 0.3 is 0 Å². The average Bonchev–Trinajstić information content (AvgIpc) is 3.32. The summed E-state index contributed by atoms with van der Waals surface area (Å²) in [6, 6.07) is 10.1. The van der Waals surface area contributed by atoms with Gasteiger partial charge in [0.2, 0.25) is 17.1 Å². The topological polar surface area (TPSA) is 120 Å². The smallest absolute Gasteiger partial charge is 0.232 e. The molecule has 0 spiro atoms. The number of benzene rings is 1. The van der Waals surface area contributed by atoms with Crippen molar-refractivity contribution in [2.24, 2.45) is 0 Å². The Labute approximate surface area is 142 Å². The van der Waals surface area contributed by atoms with E-state index >= 15 is 0 Å². The number of tetrazole rings is 1. The lowest BCUT2D eigenvalue weighted by Gasteiger charge is -2.07. The number of rotatable bonds is 6. The highest BCUT2D eigenvalue weighted by atomic mass is 32.2. The number of nitrogens with two attached hydrogens (primary N) is 1. The molecule has 0 amide bonds. The van der Waals surface area contributed by atoms with Crippen LogP contribution in [0.3, 0.4) is 0 Å². The van der Waals surface area contributed by atoms with Crippen LogP contribution >= 0.6 is 11.8 Å². The molecule has 1 aromatic carbocycles. The molecule has 0 radical (unpaired) electrons. The summed E-state index contributed by atoms with van der Waals surface area (Å²) in [6.45, 7) is 0. The lowest BCUT2D eigenvalue weighted by molar-refractivity contribution is 0.565. The van der Waals surface area contributed by atoms with E-state index in [4.69, 9.17) is 5.73 Å². The first-order valence-electron chi connectivity index (χ1n) is 7.51. The molecule has 4 rings (SSSR count). The van der Waals surface area contributed by atoms with Crippen LogP contribution in [0.5, 0.6) is 0 Å². The molecule has 1 aliphatic rings. The zero-order chi connectivity index (χ0) is 16.4. The molecule has 122 valence electrons. The van der Waals surface area contributed by atoms with Gasteiger partial charge in [0, 0.05) is 5.69 Å². The van der Waals surface area contributed by atoms with Gasteiger partial charge in [-0.2, -0.15) is 15.0 Å². The normalized spacial score (nSPS) is 13.8. The third kappa shape index (κ3) is 3.43. The van der Waals surface area contributed by atoms with Gasteiger partial charge in [0.15, 0.2) is 0 Å². The van der Waals surface area contributed by atoms with Crippen molar-refractivity contribution in [1.29, 1.82) is 0 Å². The van der Waals surface area contributed by atoms with Crippen LogP contribution in [0.4, 0.5) is 17.6 Å². The number of aromatic nitrogens is 7. The summed E-state index contributed by atoms with van der Waals surface area (Å²) in [6.07, 6.45) is 2.25. The van der Waals surface area contributed by atoms with Crippen molar-refractivity contribution in [3.05, 3.63) is 36.2 Å². The van der Waals surface area contributed by atoms with Crippen LogP contribution in [0.15, 0.2) is 35.5 Å². The number of anilines is 3. The largest absolute Gasteiger partial charge is 0.368 e. The Bertz CT molecular complexity index is 831. The minimum Gasteiger partial charge on any atom is -0.368 e. The summed E-state index contributed by atoms with van der Waals surface area (Å²) < 4.78 is 1.86. The van der Waals surface area contributed by atoms with Gasteiger partial charge in [0.25, 0.3) is 0 Å². The van der Waals surface area contributed by atoms with Crippen LogP contribution in [0.2, 0.25) is 0 Å². The number of hydrogen-bond donors (Lipinski definition) is 2. The fraction of sp³-hybridized carbons (Fsp3) is 0.286. The number of para-hydroxylation sites is 1. The molecular formula is C14H15N9S. The van der Waals surface area contributed by atoms with Crippen LogP contribution in [0.1, 0.15) is 24.7 Å². The standard InChI is InChI=1S/C14H15N9S/c15-12-17-11(8-24-14-20-21-22-23(14)10-6-7-10)18-13(19-12)16-9-4-2-1-3-5-9/h1-5,10H,6-8H2,(H3,15,16,17,18,19). The van der Waals surface area contributed by atoms with Gasteiger partial charge < -0.3 is 11.1 Å². The van der Waals surface area contributed by atoms with Crippen molar-refractivity contribution < 1.29 is 0 Å². The van der Waals surface area contributed by atoms with Crippen molar-refractivity contribution in [3.8, 4) is 0 Å². The van der Waals surface area contributed by atoms with E-state index in [1.54, 1.807) is 0 Å². The Hall–Kier alpha value is -2.75. The quantitative estimate of drug-likeness (QED) is 0.646. The fourth-order valence-electron chi connectivity index (χ4n) is 2.17. The number of hydrogen-bond acceptors (Lipinski definition) is 9. The summed E-state index contributed by atoms with van der Waals surface area (Å²) >= 11 is 1.49. The molecule has 2 heterocycles. The second kappa shape index (κ2) is 6.40. The van der Waals surface area contributed by atoms with Gasteiger partial charge in [-0.25, -0.2) is 4.68 Å². The molecule has 0 saturated heterocycles. The number of thioether (sulfide) groups is 1. The first-order valence-corrected chi connectivity index (χ1v) is 8.49. The lowest BCUT2D eigenvalue weighted by Crippen LogP contribution is -2.07. The summed E-state index contributed by atoms with van der Waals surface area (Å²) in [5.41, 5.74) is 6.68. The first kappa shape index (κ1) is 14.8. The number of nitrogen functional groups attached to an aromatic ring is 1. The van der Waals surface area contributed by atoms with Crippen LogP contribution in [0.25, 0.3) is 0 Å². The zero-order valence-corrected chi connectivity index (χ0v) is 13.5. The molecule has 0 atom stereocenters. The van der Waals surface area contributed by atoms with Gasteiger partial charge in [-0.15, -0.1) is 5.10 Å². The fourth-order valence-corrected chi connectivity index (χ4v) is 2.97. The van der Waals surface area contributed by atoms with Gasteiger partial charge in [-0.05, 0) is 35.4 Å². The van der Waals surface area contributed by atoms with E-state index in [-0.39, 0.29) is 5.95 Å². The Morgan fingerprint density at radius 3 is 2.79 bits per heavy atom. The van der Waals surface area contributed by atoms with Crippen molar-refractivity contribution in [1.82, 2.24) is 35.2 Å². The molecular weight excluding hydrogens is 326 g/mol. The van der Waals surface area contributed by atoms with E-state index in [1.165, 1.54) is 11.8 Å². The monoisotopic (exact) mass is 341 g/mol. The van der Waals surface area contributed by atoms with Crippen molar-refractivity contribution in [2.75, 3.05) is 11.1 Å². The Morgan fingerprint density at radius 2 is 2.00 bits per heavy atom. The third-order valence-corrected chi connectivity index (χ3v) is 4.34. The first-order chi connectivity index (χ1) is 11.8. The average molecular weight is 341 g/mol. The van der Waals surface area contributed by atoms with Gasteiger partial charge in [0.1, 0.15) is 5.82 Å². The highest BCUT2D eigenvalue weighted by Gasteiger charge is 2.28. The minimum atomic E-state index is 0.181. The van der Waals surface area contributed by atoms with Gasteiger partial charge in [-0.3, -0.25) is 0 Å². The molecule has 1 saturated carbocycles.